The van der Waals surface area contributed by atoms with E-state index < -0.39 is 0 Å². The first-order chi connectivity index (χ1) is 12.1. The summed E-state index contributed by atoms with van der Waals surface area (Å²) in [7, 11) is 4.00. The Labute approximate surface area is 151 Å². The number of nitrogens with zero attached hydrogens (tertiary/aromatic N) is 2. The van der Waals surface area contributed by atoms with Crippen molar-refractivity contribution in [2.45, 2.75) is 13.2 Å². The quantitative estimate of drug-likeness (QED) is 0.707. The van der Waals surface area contributed by atoms with Crippen molar-refractivity contribution in [2.75, 3.05) is 25.6 Å². The molecular formula is C19H21N3O2S. The Morgan fingerprint density at radius 3 is 2.64 bits per heavy atom. The predicted octanol–water partition coefficient (Wildman–Crippen LogP) is 3.20. The topological polar surface area (TPSA) is 54.5 Å². The highest BCUT2D eigenvalue weighted by molar-refractivity contribution is 7.18. The van der Waals surface area contributed by atoms with Gasteiger partial charge in [0.25, 0.3) is 0 Å². The lowest BCUT2D eigenvalue weighted by molar-refractivity contribution is -0.126. The van der Waals surface area contributed by atoms with E-state index in [1.54, 1.807) is 11.3 Å². The molecule has 0 spiro atoms. The molecule has 6 heteroatoms. The van der Waals surface area contributed by atoms with Crippen LogP contribution >= 0.6 is 11.3 Å². The van der Waals surface area contributed by atoms with E-state index in [-0.39, 0.29) is 12.5 Å². The van der Waals surface area contributed by atoms with Gasteiger partial charge in [0.05, 0.1) is 16.8 Å². The van der Waals surface area contributed by atoms with Crippen LogP contribution in [-0.4, -0.2) is 31.6 Å². The number of anilines is 1. The molecule has 0 saturated heterocycles. The van der Waals surface area contributed by atoms with Gasteiger partial charge in [-0.15, -0.1) is 11.3 Å². The van der Waals surface area contributed by atoms with Crippen molar-refractivity contribution >= 4 is 33.1 Å². The number of fused-ring (bicyclic) bond motifs is 1. The van der Waals surface area contributed by atoms with Crippen molar-refractivity contribution in [3.05, 3.63) is 59.1 Å². The summed E-state index contributed by atoms with van der Waals surface area (Å²) in [4.78, 5) is 18.4. The molecule has 130 valence electrons. The molecule has 0 unspecified atom stereocenters. The van der Waals surface area contributed by atoms with Gasteiger partial charge in [-0.1, -0.05) is 24.3 Å². The predicted molar refractivity (Wildman–Crippen MR) is 102 cm³/mol. The van der Waals surface area contributed by atoms with Crippen molar-refractivity contribution in [3.8, 4) is 0 Å². The number of nitrogens with one attached hydrogen (secondary N) is 1. The molecule has 0 radical (unpaired) electrons. The average Bonchev–Trinajstić information content (AvgIpc) is 3.03. The second-order valence-corrected chi connectivity index (χ2v) is 7.02. The monoisotopic (exact) mass is 355 g/mol. The van der Waals surface area contributed by atoms with Crippen LogP contribution in [0, 0.1) is 0 Å². The Morgan fingerprint density at radius 1 is 1.16 bits per heavy atom. The van der Waals surface area contributed by atoms with Gasteiger partial charge in [-0.05, 0) is 29.8 Å². The number of benzene rings is 2. The minimum Gasteiger partial charge on any atom is -0.378 e. The van der Waals surface area contributed by atoms with Crippen molar-refractivity contribution in [2.24, 2.45) is 0 Å². The van der Waals surface area contributed by atoms with Gasteiger partial charge in [-0.25, -0.2) is 4.98 Å². The summed E-state index contributed by atoms with van der Waals surface area (Å²) in [5.41, 5.74) is 3.16. The van der Waals surface area contributed by atoms with Gasteiger partial charge in [-0.2, -0.15) is 0 Å². The smallest absolute Gasteiger partial charge is 0.246 e. The van der Waals surface area contributed by atoms with E-state index in [9.17, 15) is 4.79 Å². The summed E-state index contributed by atoms with van der Waals surface area (Å²) in [6, 6.07) is 16.1. The van der Waals surface area contributed by atoms with E-state index in [0.717, 1.165) is 26.5 Å². The van der Waals surface area contributed by atoms with E-state index in [4.69, 9.17) is 4.74 Å². The van der Waals surface area contributed by atoms with Gasteiger partial charge in [-0.3, -0.25) is 4.79 Å². The minimum atomic E-state index is -0.127. The zero-order chi connectivity index (χ0) is 17.6. The van der Waals surface area contributed by atoms with Gasteiger partial charge in [0.2, 0.25) is 5.91 Å². The van der Waals surface area contributed by atoms with Gasteiger partial charge in [0.1, 0.15) is 11.6 Å². The molecule has 0 atom stereocenters. The number of carbonyl (C=O) groups excluding carboxylic acids is 1. The Kier molecular flexibility index (Phi) is 5.63. The molecule has 5 nitrogen and oxygen atoms in total. The molecule has 0 fully saturated rings. The minimum absolute atomic E-state index is 0.0334. The van der Waals surface area contributed by atoms with Crippen LogP contribution in [0.4, 0.5) is 5.69 Å². The summed E-state index contributed by atoms with van der Waals surface area (Å²) in [5.74, 6) is -0.127. The first-order valence-corrected chi connectivity index (χ1v) is 8.88. The van der Waals surface area contributed by atoms with Crippen LogP contribution in [0.5, 0.6) is 0 Å². The van der Waals surface area contributed by atoms with Crippen molar-refractivity contribution in [3.63, 3.8) is 0 Å². The standard InChI is InChI=1S/C19H21N3O2S/c1-22(2)15-9-7-14(8-10-15)11-20-18(23)12-24-13-19-21-16-5-3-4-6-17(16)25-19/h3-10H,11-13H2,1-2H3,(H,20,23). The van der Waals surface area contributed by atoms with E-state index in [1.807, 2.05) is 67.5 Å². The van der Waals surface area contributed by atoms with Crippen LogP contribution in [0.2, 0.25) is 0 Å². The number of para-hydroxylation sites is 1. The maximum atomic E-state index is 11.9. The summed E-state index contributed by atoms with van der Waals surface area (Å²) < 4.78 is 6.61. The summed E-state index contributed by atoms with van der Waals surface area (Å²) in [6.07, 6.45) is 0. The van der Waals surface area contributed by atoms with Crippen LogP contribution in [0.3, 0.4) is 0 Å². The Morgan fingerprint density at radius 2 is 1.92 bits per heavy atom. The second-order valence-electron chi connectivity index (χ2n) is 5.91. The van der Waals surface area contributed by atoms with E-state index in [2.05, 4.69) is 10.3 Å². The van der Waals surface area contributed by atoms with Crippen molar-refractivity contribution in [1.29, 1.82) is 0 Å². The maximum absolute atomic E-state index is 11.9. The van der Waals surface area contributed by atoms with E-state index in [1.165, 1.54) is 0 Å². The van der Waals surface area contributed by atoms with E-state index in [0.29, 0.717) is 13.2 Å². The van der Waals surface area contributed by atoms with Crippen molar-refractivity contribution in [1.82, 2.24) is 10.3 Å². The van der Waals surface area contributed by atoms with Gasteiger partial charge in [0, 0.05) is 26.3 Å². The molecule has 3 aromatic rings. The largest absolute Gasteiger partial charge is 0.378 e. The fraction of sp³-hybridized carbons (Fsp3) is 0.263. The zero-order valence-electron chi connectivity index (χ0n) is 14.4. The highest BCUT2D eigenvalue weighted by atomic mass is 32.1. The lowest BCUT2D eigenvalue weighted by atomic mass is 10.2. The number of rotatable bonds is 7. The van der Waals surface area contributed by atoms with Crippen LogP contribution < -0.4 is 10.2 Å². The summed E-state index contributed by atoms with van der Waals surface area (Å²) >= 11 is 1.59. The molecule has 2 aromatic carbocycles. The number of carbonyl (C=O) groups is 1. The second kappa shape index (κ2) is 8.09. The third-order valence-corrected chi connectivity index (χ3v) is 4.75. The number of aromatic nitrogens is 1. The fourth-order valence-corrected chi connectivity index (χ4v) is 3.28. The first kappa shape index (κ1) is 17.4. The fourth-order valence-electron chi connectivity index (χ4n) is 2.38. The van der Waals surface area contributed by atoms with Crippen molar-refractivity contribution < 1.29 is 9.53 Å². The zero-order valence-corrected chi connectivity index (χ0v) is 15.2. The lowest BCUT2D eigenvalue weighted by Gasteiger charge is -2.13. The summed E-state index contributed by atoms with van der Waals surface area (Å²) in [5, 5.41) is 3.75. The van der Waals surface area contributed by atoms with Gasteiger partial charge < -0.3 is 15.0 Å². The number of thiazole rings is 1. The first-order valence-electron chi connectivity index (χ1n) is 8.07. The molecule has 3 rings (SSSR count). The average molecular weight is 355 g/mol. The number of ether oxygens (including phenoxy) is 1. The Hall–Kier alpha value is -2.44. The highest BCUT2D eigenvalue weighted by Gasteiger charge is 2.06. The third-order valence-electron chi connectivity index (χ3n) is 3.74. The number of hydrogen-bond acceptors (Lipinski definition) is 5. The molecule has 1 aromatic heterocycles. The molecule has 0 aliphatic carbocycles. The van der Waals surface area contributed by atoms with Crippen LogP contribution in [0.15, 0.2) is 48.5 Å². The number of amides is 1. The summed E-state index contributed by atoms with van der Waals surface area (Å²) in [6.45, 7) is 0.882. The number of hydrogen-bond donors (Lipinski definition) is 1. The highest BCUT2D eigenvalue weighted by Crippen LogP contribution is 2.21. The van der Waals surface area contributed by atoms with Crippen LogP contribution in [-0.2, 0) is 22.7 Å². The molecule has 0 bridgehead atoms. The molecule has 0 aliphatic heterocycles. The molecule has 1 N–H and O–H groups in total. The lowest BCUT2D eigenvalue weighted by Crippen LogP contribution is -2.27. The van der Waals surface area contributed by atoms with Crippen LogP contribution in [0.25, 0.3) is 10.2 Å². The van der Waals surface area contributed by atoms with Crippen LogP contribution in [0.1, 0.15) is 10.6 Å². The normalized spacial score (nSPS) is 10.8. The molecule has 25 heavy (non-hydrogen) atoms. The van der Waals surface area contributed by atoms with E-state index >= 15 is 0 Å². The molecule has 1 amide bonds. The molecule has 1 heterocycles. The van der Waals surface area contributed by atoms with Gasteiger partial charge >= 0.3 is 0 Å². The molecule has 0 saturated carbocycles. The Balaban J connectivity index is 1.42. The third kappa shape index (κ3) is 4.78. The SMILES string of the molecule is CN(C)c1ccc(CNC(=O)COCc2nc3ccccc3s2)cc1. The molecular weight excluding hydrogens is 334 g/mol. The maximum Gasteiger partial charge on any atom is 0.246 e. The Bertz CT molecular complexity index is 810. The van der Waals surface area contributed by atoms with Gasteiger partial charge in [0.15, 0.2) is 0 Å². The molecule has 0 aliphatic rings.